The second-order valence-corrected chi connectivity index (χ2v) is 20.3. The molecule has 0 saturated heterocycles. The fourth-order valence-corrected chi connectivity index (χ4v) is 8.19. The second kappa shape index (κ2) is 45.5. The van der Waals surface area contributed by atoms with E-state index in [1.165, 1.54) is 186 Å². The number of quaternary nitrogens is 1. The number of unbranched alkanes of at least 4 members (excludes halogenated alkanes) is 31. The molecule has 0 aliphatic carbocycles. The number of ether oxygens (including phenoxy) is 2. The lowest BCUT2D eigenvalue weighted by Crippen LogP contribution is -2.37. The van der Waals surface area contributed by atoms with Gasteiger partial charge in [0.1, 0.15) is 19.3 Å². The van der Waals surface area contributed by atoms with Crippen LogP contribution in [0.1, 0.15) is 245 Å². The van der Waals surface area contributed by atoms with E-state index >= 15 is 0 Å². The Balaban J connectivity index is 4.10. The van der Waals surface area contributed by atoms with Crippen LogP contribution in [0.5, 0.6) is 0 Å². The molecule has 0 aliphatic heterocycles. The smallest absolute Gasteiger partial charge is 0.306 e. The van der Waals surface area contributed by atoms with Crippen molar-refractivity contribution in [2.45, 2.75) is 251 Å². The van der Waals surface area contributed by atoms with Gasteiger partial charge in [0, 0.05) is 13.0 Å². The number of esters is 1. The Kier molecular flexibility index (Phi) is 44.8. The predicted octanol–water partition coefficient (Wildman–Crippen LogP) is 15.3. The number of phosphoric ester groups is 1. The van der Waals surface area contributed by atoms with Crippen LogP contribution >= 0.6 is 7.82 Å². The maximum atomic E-state index is 12.7. The molecule has 2 atom stereocenters. The van der Waals surface area contributed by atoms with Crippen LogP contribution in [-0.4, -0.2) is 70.7 Å². The minimum absolute atomic E-state index is 0.0280. The number of rotatable bonds is 49. The van der Waals surface area contributed by atoms with Crippen LogP contribution in [-0.2, 0) is 27.9 Å². The van der Waals surface area contributed by atoms with Gasteiger partial charge in [0.2, 0.25) is 0 Å². The number of allylic oxidation sites excluding steroid dienone is 4. The fraction of sp³-hybridized carbons (Fsp3) is 0.904. The lowest BCUT2D eigenvalue weighted by molar-refractivity contribution is -0.870. The predicted molar refractivity (Wildman–Crippen MR) is 259 cm³/mol. The summed E-state index contributed by atoms with van der Waals surface area (Å²) >= 11 is 0. The van der Waals surface area contributed by atoms with Crippen molar-refractivity contribution in [3.8, 4) is 0 Å². The minimum atomic E-state index is -4.53. The van der Waals surface area contributed by atoms with E-state index in [-0.39, 0.29) is 25.8 Å². The number of carbonyl (C=O) groups is 1. The molecule has 0 spiro atoms. The fourth-order valence-electron chi connectivity index (χ4n) is 7.46. The van der Waals surface area contributed by atoms with Crippen molar-refractivity contribution in [1.82, 2.24) is 0 Å². The molecular formula is C52H102NO7P. The first-order chi connectivity index (χ1) is 29.6. The van der Waals surface area contributed by atoms with Gasteiger partial charge in [-0.15, -0.1) is 0 Å². The van der Waals surface area contributed by atoms with Crippen LogP contribution in [0.4, 0.5) is 0 Å². The lowest BCUT2D eigenvalue weighted by atomic mass is 10.0. The van der Waals surface area contributed by atoms with Gasteiger partial charge in [0.15, 0.2) is 0 Å². The summed E-state index contributed by atoms with van der Waals surface area (Å²) in [7, 11) is 1.37. The zero-order chi connectivity index (χ0) is 44.8. The Bertz CT molecular complexity index is 1030. The number of phosphoric acid groups is 1. The maximum absolute atomic E-state index is 12.7. The molecular weight excluding hydrogens is 782 g/mol. The first-order valence-electron chi connectivity index (χ1n) is 26.1. The van der Waals surface area contributed by atoms with Crippen LogP contribution in [0.2, 0.25) is 0 Å². The largest absolute Gasteiger partial charge is 0.756 e. The van der Waals surface area contributed by atoms with E-state index in [4.69, 9.17) is 18.5 Å². The molecule has 0 fully saturated rings. The summed E-state index contributed by atoms with van der Waals surface area (Å²) in [6, 6.07) is 0. The van der Waals surface area contributed by atoms with E-state index in [0.717, 1.165) is 38.5 Å². The Morgan fingerprint density at radius 3 is 1.33 bits per heavy atom. The van der Waals surface area contributed by atoms with Gasteiger partial charge in [-0.25, -0.2) is 0 Å². The molecule has 0 aromatic rings. The Morgan fingerprint density at radius 1 is 0.508 bits per heavy atom. The van der Waals surface area contributed by atoms with Gasteiger partial charge in [-0.1, -0.05) is 218 Å². The molecule has 0 aliphatic rings. The summed E-state index contributed by atoms with van der Waals surface area (Å²) in [5.41, 5.74) is 0. The maximum Gasteiger partial charge on any atom is 0.306 e. The van der Waals surface area contributed by atoms with Crippen molar-refractivity contribution < 1.29 is 37.3 Å². The van der Waals surface area contributed by atoms with E-state index in [2.05, 4.69) is 38.2 Å². The summed E-state index contributed by atoms with van der Waals surface area (Å²) in [6.07, 6.45) is 53.4. The molecule has 0 bridgehead atoms. The highest BCUT2D eigenvalue weighted by Gasteiger charge is 2.20. The third-order valence-corrected chi connectivity index (χ3v) is 12.5. The molecule has 61 heavy (non-hydrogen) atoms. The van der Waals surface area contributed by atoms with Gasteiger partial charge in [-0.3, -0.25) is 9.36 Å². The average Bonchev–Trinajstić information content (AvgIpc) is 3.22. The standard InChI is InChI=1S/C52H102NO7P/c1-6-8-10-12-14-16-18-20-22-24-25-26-27-28-30-32-34-36-38-40-42-44-47-57-49-51(50-59-61(55,56)58-48-46-53(3,4)5)60-52(54)45-43-41-39-37-35-33-31-29-23-21-19-17-15-13-11-9-7-2/h18,20,24-25,51H,6-17,19,21-23,26-50H2,1-5H3/b20-18-,25-24-. The molecule has 0 radical (unpaired) electrons. The number of hydrogen-bond donors (Lipinski definition) is 0. The number of likely N-dealkylation sites (N-methyl/N-ethyl adjacent to an activating group) is 1. The summed E-state index contributed by atoms with van der Waals surface area (Å²) in [5, 5.41) is 0. The van der Waals surface area contributed by atoms with E-state index in [1.54, 1.807) is 0 Å². The first-order valence-corrected chi connectivity index (χ1v) is 27.5. The van der Waals surface area contributed by atoms with Gasteiger partial charge < -0.3 is 27.9 Å². The van der Waals surface area contributed by atoms with Crippen LogP contribution < -0.4 is 4.89 Å². The SMILES string of the molecule is CCCCCCC/C=C\C/C=C\CCCCCCCCCCCCOCC(COP(=O)([O-])OCC[N+](C)(C)C)OC(=O)CCCCCCCCCCCCCCCCCCC. The third-order valence-electron chi connectivity index (χ3n) is 11.5. The Labute approximate surface area is 379 Å². The number of nitrogens with zero attached hydrogens (tertiary/aromatic N) is 1. The van der Waals surface area contributed by atoms with E-state index in [0.29, 0.717) is 24.1 Å². The van der Waals surface area contributed by atoms with Crippen LogP contribution in [0, 0.1) is 0 Å². The first kappa shape index (κ1) is 60.0. The van der Waals surface area contributed by atoms with Gasteiger partial charge in [-0.05, 0) is 44.9 Å². The normalized spacial score (nSPS) is 13.7. The Morgan fingerprint density at radius 2 is 0.902 bits per heavy atom. The summed E-state index contributed by atoms with van der Waals surface area (Å²) in [5.74, 6) is -0.330. The van der Waals surface area contributed by atoms with Crippen LogP contribution in [0.25, 0.3) is 0 Å². The molecule has 0 amide bonds. The van der Waals surface area contributed by atoms with E-state index in [9.17, 15) is 14.3 Å². The number of hydrogen-bond acceptors (Lipinski definition) is 7. The van der Waals surface area contributed by atoms with Gasteiger partial charge in [0.25, 0.3) is 7.82 Å². The molecule has 0 N–H and O–H groups in total. The highest BCUT2D eigenvalue weighted by atomic mass is 31.2. The zero-order valence-electron chi connectivity index (χ0n) is 41.1. The van der Waals surface area contributed by atoms with Crippen molar-refractivity contribution in [1.29, 1.82) is 0 Å². The molecule has 8 nitrogen and oxygen atoms in total. The van der Waals surface area contributed by atoms with Gasteiger partial charge in [0.05, 0.1) is 34.4 Å². The molecule has 0 saturated carbocycles. The van der Waals surface area contributed by atoms with Crippen molar-refractivity contribution in [3.05, 3.63) is 24.3 Å². The Hall–Kier alpha value is -1.02. The van der Waals surface area contributed by atoms with Crippen LogP contribution in [0.3, 0.4) is 0 Å². The lowest BCUT2D eigenvalue weighted by Gasteiger charge is -2.28. The minimum Gasteiger partial charge on any atom is -0.756 e. The molecule has 9 heteroatoms. The molecule has 362 valence electrons. The third kappa shape index (κ3) is 49.8. The van der Waals surface area contributed by atoms with Gasteiger partial charge >= 0.3 is 5.97 Å². The summed E-state index contributed by atoms with van der Waals surface area (Å²) in [6.45, 7) is 5.45. The highest BCUT2D eigenvalue weighted by Crippen LogP contribution is 2.38. The highest BCUT2D eigenvalue weighted by molar-refractivity contribution is 7.45. The molecule has 2 unspecified atom stereocenters. The van der Waals surface area contributed by atoms with Crippen LogP contribution in [0.15, 0.2) is 24.3 Å². The quantitative estimate of drug-likeness (QED) is 0.0197. The van der Waals surface area contributed by atoms with E-state index < -0.39 is 13.9 Å². The summed E-state index contributed by atoms with van der Waals surface area (Å²) in [4.78, 5) is 25.2. The van der Waals surface area contributed by atoms with Crippen molar-refractivity contribution in [2.24, 2.45) is 0 Å². The van der Waals surface area contributed by atoms with Crippen molar-refractivity contribution in [2.75, 3.05) is 54.1 Å². The number of carbonyl (C=O) groups excluding carboxylic acids is 1. The monoisotopic (exact) mass is 884 g/mol. The van der Waals surface area contributed by atoms with E-state index in [1.807, 2.05) is 21.1 Å². The van der Waals surface area contributed by atoms with Crippen molar-refractivity contribution in [3.63, 3.8) is 0 Å². The molecule has 0 rings (SSSR count). The second-order valence-electron chi connectivity index (χ2n) is 18.9. The van der Waals surface area contributed by atoms with Crippen molar-refractivity contribution >= 4 is 13.8 Å². The summed E-state index contributed by atoms with van der Waals surface area (Å²) < 4.78 is 34.8. The van der Waals surface area contributed by atoms with Gasteiger partial charge in [-0.2, -0.15) is 0 Å². The molecule has 0 heterocycles. The molecule has 0 aromatic carbocycles. The zero-order valence-corrected chi connectivity index (χ0v) is 42.0. The molecule has 0 aromatic heterocycles. The topological polar surface area (TPSA) is 94.1 Å². The average molecular weight is 884 g/mol.